The molecule has 0 amide bonds. The lowest BCUT2D eigenvalue weighted by Crippen LogP contribution is -2.42. The van der Waals surface area contributed by atoms with Crippen LogP contribution in [0.5, 0.6) is 0 Å². The van der Waals surface area contributed by atoms with Crippen molar-refractivity contribution in [3.63, 3.8) is 0 Å². The highest BCUT2D eigenvalue weighted by molar-refractivity contribution is 5.34. The quantitative estimate of drug-likeness (QED) is 0.591. The fourth-order valence-electron chi connectivity index (χ4n) is 3.16. The van der Waals surface area contributed by atoms with Crippen LogP contribution in [0.4, 0.5) is 5.69 Å². The van der Waals surface area contributed by atoms with Crippen molar-refractivity contribution in [2.24, 2.45) is 5.92 Å². The average Bonchev–Trinajstić information content (AvgIpc) is 2.62. The van der Waals surface area contributed by atoms with Crippen molar-refractivity contribution in [2.45, 2.75) is 13.1 Å². The van der Waals surface area contributed by atoms with Gasteiger partial charge in [0, 0.05) is 38.3 Å². The van der Waals surface area contributed by atoms with E-state index < -0.39 is 0 Å². The minimum atomic E-state index is -0.345. The average molecular weight is 247 g/mol. The first-order valence-electron chi connectivity index (χ1n) is 6.37. The Labute approximate surface area is 106 Å². The zero-order chi connectivity index (χ0) is 12.7. The number of hydrogen-bond acceptors (Lipinski definition) is 4. The smallest absolute Gasteiger partial charge is 0.269 e. The van der Waals surface area contributed by atoms with Gasteiger partial charge in [0.05, 0.1) is 11.1 Å². The summed E-state index contributed by atoms with van der Waals surface area (Å²) in [4.78, 5) is 15.2. The van der Waals surface area contributed by atoms with Crippen molar-refractivity contribution in [1.82, 2.24) is 9.80 Å². The van der Waals surface area contributed by atoms with Crippen molar-refractivity contribution >= 4 is 5.69 Å². The molecule has 2 fully saturated rings. The Morgan fingerprint density at radius 2 is 1.72 bits per heavy atom. The predicted molar refractivity (Wildman–Crippen MR) is 68.1 cm³/mol. The third-order valence-corrected chi connectivity index (χ3v) is 3.86. The van der Waals surface area contributed by atoms with Crippen LogP contribution in [0, 0.1) is 16.0 Å². The van der Waals surface area contributed by atoms with Gasteiger partial charge in [-0.05, 0) is 23.6 Å². The van der Waals surface area contributed by atoms with Gasteiger partial charge in [0.25, 0.3) is 5.69 Å². The minimum absolute atomic E-state index is 0.167. The summed E-state index contributed by atoms with van der Waals surface area (Å²) in [5, 5.41) is 10.7. The van der Waals surface area contributed by atoms with Crippen molar-refractivity contribution in [1.29, 1.82) is 0 Å². The molecule has 2 atom stereocenters. The molecule has 0 aliphatic carbocycles. The molecular weight excluding hydrogens is 230 g/mol. The monoisotopic (exact) mass is 247 g/mol. The van der Waals surface area contributed by atoms with Crippen LogP contribution in [0.15, 0.2) is 24.3 Å². The fourth-order valence-corrected chi connectivity index (χ4v) is 3.16. The molecule has 5 heteroatoms. The molecule has 2 bridgehead atoms. The van der Waals surface area contributed by atoms with Gasteiger partial charge in [0.1, 0.15) is 0 Å². The van der Waals surface area contributed by atoms with E-state index in [0.29, 0.717) is 12.1 Å². The van der Waals surface area contributed by atoms with Gasteiger partial charge in [0.15, 0.2) is 0 Å². The van der Waals surface area contributed by atoms with Gasteiger partial charge in [0.2, 0.25) is 0 Å². The number of nitrogens with zero attached hydrogens (tertiary/aromatic N) is 3. The Morgan fingerprint density at radius 3 is 2.22 bits per heavy atom. The molecule has 0 aromatic heterocycles. The van der Waals surface area contributed by atoms with Gasteiger partial charge in [-0.1, -0.05) is 6.92 Å². The lowest BCUT2D eigenvalue weighted by atomic mass is 10.0. The summed E-state index contributed by atoms with van der Waals surface area (Å²) in [6, 6.07) is 7.00. The largest absolute Gasteiger partial charge is 0.283 e. The minimum Gasteiger partial charge on any atom is -0.283 e. The second kappa shape index (κ2) is 4.33. The van der Waals surface area contributed by atoms with Crippen LogP contribution in [-0.4, -0.2) is 40.9 Å². The SMILES string of the molecule is CC1CN2CCN(C1)C2c1ccc([N+](=O)[O-])cc1. The molecule has 2 heterocycles. The Bertz CT molecular complexity index is 446. The molecule has 0 saturated carbocycles. The maximum atomic E-state index is 10.7. The number of nitro groups is 1. The van der Waals surface area contributed by atoms with Crippen molar-refractivity contribution in [2.75, 3.05) is 26.2 Å². The summed E-state index contributed by atoms with van der Waals surface area (Å²) in [6.45, 7) is 6.73. The van der Waals surface area contributed by atoms with Crippen molar-refractivity contribution < 1.29 is 4.92 Å². The van der Waals surface area contributed by atoms with Crippen molar-refractivity contribution in [3.05, 3.63) is 39.9 Å². The van der Waals surface area contributed by atoms with E-state index in [1.807, 2.05) is 12.1 Å². The van der Waals surface area contributed by atoms with Crippen LogP contribution in [0.25, 0.3) is 0 Å². The van der Waals surface area contributed by atoms with Gasteiger partial charge < -0.3 is 0 Å². The van der Waals surface area contributed by atoms with Gasteiger partial charge in [-0.2, -0.15) is 0 Å². The molecule has 1 aromatic rings. The molecule has 18 heavy (non-hydrogen) atoms. The highest BCUT2D eigenvalue weighted by Crippen LogP contribution is 2.35. The zero-order valence-electron chi connectivity index (χ0n) is 10.5. The first-order chi connectivity index (χ1) is 8.65. The Kier molecular flexibility index (Phi) is 2.80. The molecule has 2 saturated heterocycles. The standard InChI is InChI=1S/C13H17N3O2/c1-10-8-14-6-7-15(9-10)13(14)11-2-4-12(5-3-11)16(17)18/h2-5,10,13H,6-9H2,1H3. The maximum Gasteiger partial charge on any atom is 0.269 e. The van der Waals surface area contributed by atoms with Gasteiger partial charge in [-0.15, -0.1) is 0 Å². The van der Waals surface area contributed by atoms with Crippen LogP contribution in [-0.2, 0) is 0 Å². The van der Waals surface area contributed by atoms with E-state index >= 15 is 0 Å². The second-order valence-corrected chi connectivity index (χ2v) is 5.32. The normalized spacial score (nSPS) is 34.5. The van der Waals surface area contributed by atoms with Crippen LogP contribution in [0.1, 0.15) is 18.7 Å². The Balaban J connectivity index is 1.85. The van der Waals surface area contributed by atoms with E-state index in [2.05, 4.69) is 16.7 Å². The first kappa shape index (κ1) is 11.6. The van der Waals surface area contributed by atoms with Gasteiger partial charge in [-0.25, -0.2) is 0 Å². The summed E-state index contributed by atoms with van der Waals surface area (Å²) in [5.74, 6) is 0.710. The lowest BCUT2D eigenvalue weighted by molar-refractivity contribution is -0.384. The zero-order valence-corrected chi connectivity index (χ0v) is 10.5. The van der Waals surface area contributed by atoms with Crippen LogP contribution >= 0.6 is 0 Å². The highest BCUT2D eigenvalue weighted by Gasteiger charge is 2.38. The summed E-state index contributed by atoms with van der Waals surface area (Å²) in [6.07, 6.45) is 0.321. The third kappa shape index (κ3) is 1.89. The molecule has 2 unspecified atom stereocenters. The molecule has 1 aromatic carbocycles. The molecule has 0 N–H and O–H groups in total. The van der Waals surface area contributed by atoms with Gasteiger partial charge >= 0.3 is 0 Å². The molecule has 0 radical (unpaired) electrons. The van der Waals surface area contributed by atoms with Crippen LogP contribution in [0.2, 0.25) is 0 Å². The fraction of sp³-hybridized carbons (Fsp3) is 0.538. The number of rotatable bonds is 2. The molecular formula is C13H17N3O2. The third-order valence-electron chi connectivity index (χ3n) is 3.86. The van der Waals surface area contributed by atoms with Crippen LogP contribution < -0.4 is 0 Å². The number of fused-ring (bicyclic) bond motifs is 2. The van der Waals surface area contributed by atoms with Gasteiger partial charge in [-0.3, -0.25) is 19.9 Å². The summed E-state index contributed by atoms with van der Waals surface area (Å²) in [5.41, 5.74) is 1.34. The topological polar surface area (TPSA) is 49.6 Å². The van der Waals surface area contributed by atoms with E-state index in [1.165, 1.54) is 5.56 Å². The Morgan fingerprint density at radius 1 is 1.17 bits per heavy atom. The molecule has 0 spiro atoms. The van der Waals surface area contributed by atoms with E-state index in [0.717, 1.165) is 26.2 Å². The van der Waals surface area contributed by atoms with Crippen LogP contribution in [0.3, 0.4) is 0 Å². The van der Waals surface area contributed by atoms with E-state index in [4.69, 9.17) is 0 Å². The van der Waals surface area contributed by atoms with Crippen molar-refractivity contribution in [3.8, 4) is 0 Å². The summed E-state index contributed by atoms with van der Waals surface area (Å²) < 4.78 is 0. The summed E-state index contributed by atoms with van der Waals surface area (Å²) >= 11 is 0. The number of non-ortho nitro benzene ring substituents is 1. The van der Waals surface area contributed by atoms with E-state index in [1.54, 1.807) is 12.1 Å². The molecule has 3 rings (SSSR count). The predicted octanol–water partition coefficient (Wildman–Crippen LogP) is 1.86. The summed E-state index contributed by atoms with van der Waals surface area (Å²) in [7, 11) is 0. The second-order valence-electron chi connectivity index (χ2n) is 5.32. The molecule has 5 nitrogen and oxygen atoms in total. The number of nitro benzene ring substituents is 1. The van der Waals surface area contributed by atoms with E-state index in [9.17, 15) is 10.1 Å². The molecule has 2 aliphatic heterocycles. The Hall–Kier alpha value is -1.46. The lowest BCUT2D eigenvalue weighted by Gasteiger charge is -2.38. The molecule has 2 aliphatic rings. The first-order valence-corrected chi connectivity index (χ1v) is 6.37. The van der Waals surface area contributed by atoms with E-state index in [-0.39, 0.29) is 10.6 Å². The molecule has 96 valence electrons. The highest BCUT2D eigenvalue weighted by atomic mass is 16.6. The number of benzene rings is 1. The maximum absolute atomic E-state index is 10.7. The number of hydrogen-bond donors (Lipinski definition) is 0.